The lowest BCUT2D eigenvalue weighted by Gasteiger charge is -2.08. The Morgan fingerprint density at radius 3 is 2.78 bits per heavy atom. The summed E-state index contributed by atoms with van der Waals surface area (Å²) in [5.41, 5.74) is 1.75. The smallest absolute Gasteiger partial charge is 0.181 e. The summed E-state index contributed by atoms with van der Waals surface area (Å²) in [6, 6.07) is 3.95. The number of aromatic amines is 1. The van der Waals surface area contributed by atoms with Gasteiger partial charge in [0, 0.05) is 31.6 Å². The minimum atomic E-state index is -0.0218. The number of Topliss-reactive ketones (excluding diaryl/α,β-unsaturated/α-hetero) is 1. The first-order chi connectivity index (χ1) is 8.66. The van der Waals surface area contributed by atoms with E-state index in [-0.39, 0.29) is 11.8 Å². The second-order valence-electron chi connectivity index (χ2n) is 4.53. The molecule has 5 heteroatoms. The van der Waals surface area contributed by atoms with E-state index < -0.39 is 0 Å². The molecule has 1 saturated heterocycles. The highest BCUT2D eigenvalue weighted by atomic mass is 79.9. The van der Waals surface area contributed by atoms with Crippen molar-refractivity contribution in [1.82, 2.24) is 10.3 Å². The summed E-state index contributed by atoms with van der Waals surface area (Å²) >= 11 is 6.94. The van der Waals surface area contributed by atoms with Crippen molar-refractivity contribution < 1.29 is 4.79 Å². The molecule has 0 radical (unpaired) electrons. The van der Waals surface area contributed by atoms with E-state index in [4.69, 9.17) is 0 Å². The minimum Gasteiger partial charge on any atom is -0.360 e. The predicted octanol–water partition coefficient (Wildman–Crippen LogP) is 3.63. The van der Waals surface area contributed by atoms with Crippen LogP contribution >= 0.6 is 31.9 Å². The molecular weight excluding hydrogens is 360 g/mol. The zero-order valence-corrected chi connectivity index (χ0v) is 12.8. The number of H-pyrrole nitrogens is 1. The summed E-state index contributed by atoms with van der Waals surface area (Å²) < 4.78 is 1.94. The molecule has 0 bridgehead atoms. The Balaban J connectivity index is 2.06. The Bertz CT molecular complexity index is 615. The molecule has 1 fully saturated rings. The first kappa shape index (κ1) is 12.4. The van der Waals surface area contributed by atoms with Crippen LogP contribution in [0.15, 0.2) is 27.3 Å². The largest absolute Gasteiger partial charge is 0.360 e. The maximum atomic E-state index is 12.4. The molecular formula is C13H12Br2N2O. The van der Waals surface area contributed by atoms with Gasteiger partial charge in [-0.3, -0.25) is 4.79 Å². The van der Waals surface area contributed by atoms with E-state index in [1.54, 1.807) is 0 Å². The van der Waals surface area contributed by atoms with Crippen LogP contribution in [0.5, 0.6) is 0 Å². The van der Waals surface area contributed by atoms with Gasteiger partial charge in [-0.25, -0.2) is 0 Å². The van der Waals surface area contributed by atoms with Crippen molar-refractivity contribution in [1.29, 1.82) is 0 Å². The minimum absolute atomic E-state index is 0.0218. The Hall–Kier alpha value is -0.650. The molecule has 0 saturated carbocycles. The lowest BCUT2D eigenvalue weighted by atomic mass is 10.0. The van der Waals surface area contributed by atoms with Crippen LogP contribution in [0, 0.1) is 0 Å². The van der Waals surface area contributed by atoms with E-state index in [2.05, 4.69) is 42.2 Å². The van der Waals surface area contributed by atoms with Gasteiger partial charge in [0.05, 0.1) is 6.04 Å². The highest BCUT2D eigenvalue weighted by Gasteiger charge is 2.25. The van der Waals surface area contributed by atoms with Gasteiger partial charge in [-0.2, -0.15) is 0 Å². The van der Waals surface area contributed by atoms with Crippen molar-refractivity contribution in [3.8, 4) is 0 Å². The number of rotatable bonds is 2. The van der Waals surface area contributed by atoms with Gasteiger partial charge in [-0.15, -0.1) is 0 Å². The lowest BCUT2D eigenvalue weighted by molar-refractivity contribution is 0.0954. The fraction of sp³-hybridized carbons (Fsp3) is 0.308. The summed E-state index contributed by atoms with van der Waals surface area (Å²) in [7, 11) is 0. The van der Waals surface area contributed by atoms with Crippen molar-refractivity contribution in [2.45, 2.75) is 18.9 Å². The number of nitrogens with one attached hydrogen (secondary N) is 2. The van der Waals surface area contributed by atoms with Crippen molar-refractivity contribution in [3.05, 3.63) is 32.8 Å². The van der Waals surface area contributed by atoms with Crippen LogP contribution in [0.3, 0.4) is 0 Å². The quantitative estimate of drug-likeness (QED) is 0.791. The van der Waals surface area contributed by atoms with Gasteiger partial charge in [0.2, 0.25) is 0 Å². The fourth-order valence-corrected chi connectivity index (χ4v) is 3.10. The number of benzene rings is 1. The van der Waals surface area contributed by atoms with Gasteiger partial charge in [-0.1, -0.05) is 0 Å². The third kappa shape index (κ3) is 2.04. The second-order valence-corrected chi connectivity index (χ2v) is 6.24. The van der Waals surface area contributed by atoms with E-state index in [1.807, 2.05) is 18.3 Å². The van der Waals surface area contributed by atoms with Gasteiger partial charge in [-0.05, 0) is 63.4 Å². The molecule has 1 aliphatic heterocycles. The number of hydrogen-bond acceptors (Lipinski definition) is 2. The first-order valence-corrected chi connectivity index (χ1v) is 7.49. The maximum Gasteiger partial charge on any atom is 0.181 e. The number of aromatic nitrogens is 1. The molecule has 1 aromatic heterocycles. The van der Waals surface area contributed by atoms with E-state index in [9.17, 15) is 4.79 Å². The summed E-state index contributed by atoms with van der Waals surface area (Å²) in [4.78, 5) is 15.6. The predicted molar refractivity (Wildman–Crippen MR) is 79.1 cm³/mol. The molecule has 2 heterocycles. The highest BCUT2D eigenvalue weighted by molar-refractivity contribution is 9.13. The number of fused-ring (bicyclic) bond motifs is 1. The molecule has 2 N–H and O–H groups in total. The van der Waals surface area contributed by atoms with Crippen LogP contribution in [-0.2, 0) is 0 Å². The molecule has 1 aliphatic rings. The van der Waals surface area contributed by atoms with Gasteiger partial charge < -0.3 is 10.3 Å². The van der Waals surface area contributed by atoms with Gasteiger partial charge in [0.1, 0.15) is 0 Å². The molecule has 1 aromatic carbocycles. The molecule has 0 aliphatic carbocycles. The highest BCUT2D eigenvalue weighted by Crippen LogP contribution is 2.30. The van der Waals surface area contributed by atoms with Crippen LogP contribution in [0.2, 0.25) is 0 Å². The van der Waals surface area contributed by atoms with Crippen LogP contribution in [0.25, 0.3) is 10.9 Å². The van der Waals surface area contributed by atoms with Crippen molar-refractivity contribution >= 4 is 48.5 Å². The second kappa shape index (κ2) is 4.79. The van der Waals surface area contributed by atoms with Gasteiger partial charge in [0.15, 0.2) is 5.78 Å². The van der Waals surface area contributed by atoms with Crippen molar-refractivity contribution in [2.75, 3.05) is 6.54 Å². The molecule has 0 amide bonds. The topological polar surface area (TPSA) is 44.9 Å². The summed E-state index contributed by atoms with van der Waals surface area (Å²) in [5, 5.41) is 4.23. The molecule has 3 rings (SSSR count). The average molecular weight is 372 g/mol. The van der Waals surface area contributed by atoms with Crippen LogP contribution in [0.1, 0.15) is 23.2 Å². The van der Waals surface area contributed by atoms with Crippen LogP contribution in [-0.4, -0.2) is 23.4 Å². The zero-order chi connectivity index (χ0) is 12.7. The first-order valence-electron chi connectivity index (χ1n) is 5.90. The third-order valence-corrected chi connectivity index (χ3v) is 5.21. The van der Waals surface area contributed by atoms with Crippen molar-refractivity contribution in [3.63, 3.8) is 0 Å². The molecule has 94 valence electrons. The number of carbonyl (C=O) groups is 1. The zero-order valence-electron chi connectivity index (χ0n) is 9.59. The Labute approximate surface area is 122 Å². The SMILES string of the molecule is O=C(c1c[nH]c2cc(Br)c(Br)cc12)C1CCCN1. The summed E-state index contributed by atoms with van der Waals surface area (Å²) in [5.74, 6) is 0.188. The van der Waals surface area contributed by atoms with Crippen LogP contribution < -0.4 is 5.32 Å². The van der Waals surface area contributed by atoms with Crippen LogP contribution in [0.4, 0.5) is 0 Å². The number of halogens is 2. The monoisotopic (exact) mass is 370 g/mol. The molecule has 1 unspecified atom stereocenters. The summed E-state index contributed by atoms with van der Waals surface area (Å²) in [6.07, 6.45) is 3.82. The number of carbonyl (C=O) groups excluding carboxylic acids is 1. The third-order valence-electron chi connectivity index (χ3n) is 3.36. The molecule has 3 nitrogen and oxygen atoms in total. The van der Waals surface area contributed by atoms with E-state index >= 15 is 0 Å². The van der Waals surface area contributed by atoms with Gasteiger partial charge >= 0.3 is 0 Å². The Kier molecular flexibility index (Phi) is 3.30. The number of ketones is 1. The standard InChI is InChI=1S/C13H12Br2N2O/c14-9-4-7-8(6-17-12(7)5-10(9)15)13(18)11-2-1-3-16-11/h4-6,11,16-17H,1-3H2. The van der Waals surface area contributed by atoms with E-state index in [0.717, 1.165) is 44.8 Å². The average Bonchev–Trinajstić information content (AvgIpc) is 2.98. The lowest BCUT2D eigenvalue weighted by Crippen LogP contribution is -2.30. The summed E-state index contributed by atoms with van der Waals surface area (Å²) in [6.45, 7) is 0.938. The molecule has 18 heavy (non-hydrogen) atoms. The van der Waals surface area contributed by atoms with Crippen molar-refractivity contribution in [2.24, 2.45) is 0 Å². The fourth-order valence-electron chi connectivity index (χ4n) is 2.42. The number of hydrogen-bond donors (Lipinski definition) is 2. The van der Waals surface area contributed by atoms with Gasteiger partial charge in [0.25, 0.3) is 0 Å². The Morgan fingerprint density at radius 2 is 2.06 bits per heavy atom. The molecule has 1 atom stereocenters. The molecule has 0 spiro atoms. The maximum absolute atomic E-state index is 12.4. The molecule has 2 aromatic rings. The van der Waals surface area contributed by atoms with E-state index in [0.29, 0.717) is 0 Å². The Morgan fingerprint density at radius 1 is 1.28 bits per heavy atom. The van der Waals surface area contributed by atoms with E-state index in [1.165, 1.54) is 0 Å². The normalized spacial score (nSPS) is 19.6.